The first-order chi connectivity index (χ1) is 15.0. The molecule has 0 heterocycles. The van der Waals surface area contributed by atoms with Crippen molar-refractivity contribution < 1.29 is 24.5 Å². The number of anilines is 1. The second-order valence-electron chi connectivity index (χ2n) is 7.00. The molecule has 31 heavy (non-hydrogen) atoms. The predicted octanol–water partition coefficient (Wildman–Crippen LogP) is 5.43. The maximum Gasteiger partial charge on any atom is 0.412 e. The zero-order chi connectivity index (χ0) is 22.2. The highest BCUT2D eigenvalue weighted by atomic mass is 127. The Morgan fingerprint density at radius 3 is 2.45 bits per heavy atom. The number of amides is 1. The predicted molar refractivity (Wildman–Crippen MR) is 127 cm³/mol. The molecule has 0 radical (unpaired) electrons. The summed E-state index contributed by atoms with van der Waals surface area (Å²) in [5.41, 5.74) is 2.06. The van der Waals surface area contributed by atoms with E-state index in [0.29, 0.717) is 17.0 Å². The topological polar surface area (TPSA) is 88.0 Å². The highest BCUT2D eigenvalue weighted by Crippen LogP contribution is 2.34. The number of hydrogen-bond donors (Lipinski definition) is 3. The third-order valence-electron chi connectivity index (χ3n) is 4.61. The summed E-state index contributed by atoms with van der Waals surface area (Å²) in [6.45, 7) is 1.78. The van der Waals surface area contributed by atoms with Crippen LogP contribution in [0.3, 0.4) is 0 Å². The van der Waals surface area contributed by atoms with E-state index in [-0.39, 0.29) is 18.8 Å². The molecule has 0 saturated heterocycles. The van der Waals surface area contributed by atoms with Crippen LogP contribution in [0.5, 0.6) is 11.5 Å². The minimum Gasteiger partial charge on any atom is -0.508 e. The molecular formula is C24H24INO5. The van der Waals surface area contributed by atoms with Crippen molar-refractivity contribution in [3.05, 3.63) is 87.5 Å². The first-order valence-electron chi connectivity index (χ1n) is 9.81. The minimum atomic E-state index is -0.951. The molecule has 1 amide bonds. The van der Waals surface area contributed by atoms with Crippen molar-refractivity contribution in [1.29, 1.82) is 0 Å². The van der Waals surface area contributed by atoms with Gasteiger partial charge in [0.2, 0.25) is 0 Å². The van der Waals surface area contributed by atoms with Gasteiger partial charge in [0.25, 0.3) is 0 Å². The summed E-state index contributed by atoms with van der Waals surface area (Å²) in [7, 11) is 0. The maximum absolute atomic E-state index is 12.7. The number of hydrogen-bond acceptors (Lipinski definition) is 5. The molecule has 0 aromatic heterocycles. The minimum absolute atomic E-state index is 0.0202. The highest BCUT2D eigenvalue weighted by Gasteiger charge is 2.31. The molecule has 3 N–H and O–H groups in total. The summed E-state index contributed by atoms with van der Waals surface area (Å²) in [6, 6.07) is 21.4. The van der Waals surface area contributed by atoms with Crippen LogP contribution in [0, 0.1) is 10.5 Å². The molecule has 3 aromatic carbocycles. The number of para-hydroxylation sites is 1. The Balaban J connectivity index is 1.89. The van der Waals surface area contributed by atoms with Crippen LogP contribution in [-0.2, 0) is 4.74 Å². The Labute approximate surface area is 195 Å². The Hall–Kier alpha value is -2.78. The Morgan fingerprint density at radius 2 is 1.77 bits per heavy atom. The molecule has 0 fully saturated rings. The van der Waals surface area contributed by atoms with Gasteiger partial charge in [-0.25, -0.2) is 4.79 Å². The number of rotatable bonds is 8. The monoisotopic (exact) mass is 533 g/mol. The van der Waals surface area contributed by atoms with Gasteiger partial charge >= 0.3 is 6.09 Å². The van der Waals surface area contributed by atoms with Gasteiger partial charge in [0, 0.05) is 27.8 Å². The smallest absolute Gasteiger partial charge is 0.412 e. The van der Waals surface area contributed by atoms with Gasteiger partial charge in [0.05, 0.1) is 0 Å². The third-order valence-corrected chi connectivity index (χ3v) is 5.28. The molecule has 0 saturated carbocycles. The number of aryl methyl sites for hydroxylation is 1. The van der Waals surface area contributed by atoms with E-state index in [4.69, 9.17) is 9.47 Å². The maximum atomic E-state index is 12.7. The Kier molecular flexibility index (Phi) is 8.13. The molecule has 0 aliphatic carbocycles. The molecule has 0 aliphatic heterocycles. The number of nitrogens with one attached hydrogen (secondary N) is 1. The molecule has 0 spiro atoms. The van der Waals surface area contributed by atoms with E-state index in [1.807, 2.05) is 37.3 Å². The van der Waals surface area contributed by atoms with Gasteiger partial charge in [0.1, 0.15) is 17.6 Å². The van der Waals surface area contributed by atoms with E-state index in [9.17, 15) is 15.0 Å². The molecule has 7 heteroatoms. The number of ether oxygens (including phenoxy) is 2. The van der Waals surface area contributed by atoms with Gasteiger partial charge in [-0.15, -0.1) is 0 Å². The van der Waals surface area contributed by atoms with Crippen LogP contribution in [0.15, 0.2) is 72.8 Å². The number of benzene rings is 3. The highest BCUT2D eigenvalue weighted by molar-refractivity contribution is 14.1. The normalized spacial score (nSPS) is 12.6. The quantitative estimate of drug-likeness (QED) is 0.337. The number of aromatic hydroxyl groups is 1. The lowest BCUT2D eigenvalue weighted by molar-refractivity contribution is 0.00796. The molecule has 162 valence electrons. The van der Waals surface area contributed by atoms with Gasteiger partial charge in [-0.1, -0.05) is 35.9 Å². The number of aliphatic hydroxyl groups excluding tert-OH is 1. The fourth-order valence-electron chi connectivity index (χ4n) is 3.07. The summed E-state index contributed by atoms with van der Waals surface area (Å²) in [5, 5.41) is 22.8. The van der Waals surface area contributed by atoms with Crippen LogP contribution in [0.25, 0.3) is 0 Å². The second-order valence-corrected chi connectivity index (χ2v) is 8.25. The lowest BCUT2D eigenvalue weighted by Gasteiger charge is -2.28. The number of carbonyl (C=O) groups excluding carboxylic acids is 1. The van der Waals surface area contributed by atoms with Gasteiger partial charge in [-0.2, -0.15) is 0 Å². The van der Waals surface area contributed by atoms with Crippen molar-refractivity contribution >= 4 is 34.4 Å². The molecule has 2 atom stereocenters. The van der Waals surface area contributed by atoms with Crippen molar-refractivity contribution in [1.82, 2.24) is 0 Å². The summed E-state index contributed by atoms with van der Waals surface area (Å²) in [5.74, 6) is 0.548. The number of aliphatic hydroxyl groups is 1. The molecule has 3 aromatic rings. The first-order valence-corrected chi connectivity index (χ1v) is 10.9. The van der Waals surface area contributed by atoms with E-state index < -0.39 is 18.3 Å². The molecule has 6 nitrogen and oxygen atoms in total. The van der Waals surface area contributed by atoms with Crippen molar-refractivity contribution in [2.75, 3.05) is 11.9 Å². The lowest BCUT2D eigenvalue weighted by Crippen LogP contribution is -2.32. The second kappa shape index (κ2) is 11.0. The van der Waals surface area contributed by atoms with E-state index in [2.05, 4.69) is 27.9 Å². The lowest BCUT2D eigenvalue weighted by atomic mass is 10.0. The van der Waals surface area contributed by atoms with Crippen molar-refractivity contribution in [2.45, 2.75) is 25.6 Å². The fraction of sp³-hybridized carbons (Fsp3) is 0.208. The average molecular weight is 533 g/mol. The van der Waals surface area contributed by atoms with Gasteiger partial charge < -0.3 is 19.7 Å². The molecule has 3 rings (SSSR count). The van der Waals surface area contributed by atoms with Crippen molar-refractivity contribution in [3.8, 4) is 11.5 Å². The molecule has 0 bridgehead atoms. The molecule has 0 aliphatic rings. The van der Waals surface area contributed by atoms with Crippen LogP contribution < -0.4 is 10.1 Å². The Morgan fingerprint density at radius 1 is 1.06 bits per heavy atom. The van der Waals surface area contributed by atoms with E-state index >= 15 is 0 Å². The Bertz CT molecular complexity index is 995. The van der Waals surface area contributed by atoms with Crippen molar-refractivity contribution in [2.24, 2.45) is 0 Å². The van der Waals surface area contributed by atoms with Crippen LogP contribution in [-0.4, -0.2) is 29.0 Å². The standard InChI is InChI=1S/C24H24INO5/c1-16-7-10-18(11-8-16)26-24(29)31-23(20-15-17(25)9-12-21(20)28)22(13-14-27)30-19-5-3-2-4-6-19/h2-12,15,22-23,27-28H,13-14H2,1H3,(H,26,29)/t22-,23-/m0/s1. The van der Waals surface area contributed by atoms with Crippen LogP contribution in [0.4, 0.5) is 10.5 Å². The largest absolute Gasteiger partial charge is 0.508 e. The van der Waals surface area contributed by atoms with Gasteiger partial charge in [-0.05, 0) is 72.0 Å². The average Bonchev–Trinajstić information content (AvgIpc) is 2.76. The van der Waals surface area contributed by atoms with E-state index in [0.717, 1.165) is 9.13 Å². The van der Waals surface area contributed by atoms with E-state index in [1.54, 1.807) is 42.5 Å². The third kappa shape index (κ3) is 6.60. The summed E-state index contributed by atoms with van der Waals surface area (Å²) < 4.78 is 12.7. The van der Waals surface area contributed by atoms with Crippen LogP contribution >= 0.6 is 22.6 Å². The first kappa shape index (κ1) is 22.9. The molecule has 0 unspecified atom stereocenters. The molecular weight excluding hydrogens is 509 g/mol. The van der Waals surface area contributed by atoms with Crippen molar-refractivity contribution in [3.63, 3.8) is 0 Å². The van der Waals surface area contributed by atoms with E-state index in [1.165, 1.54) is 0 Å². The number of phenols is 1. The SMILES string of the molecule is Cc1ccc(NC(=O)O[C@@H](c2cc(I)ccc2O)[C@H](CCO)Oc2ccccc2)cc1. The van der Waals surface area contributed by atoms with Crippen LogP contribution in [0.2, 0.25) is 0 Å². The number of halogens is 1. The zero-order valence-electron chi connectivity index (χ0n) is 17.0. The van der Waals surface area contributed by atoms with Gasteiger partial charge in [-0.3, -0.25) is 5.32 Å². The zero-order valence-corrected chi connectivity index (χ0v) is 19.2. The van der Waals surface area contributed by atoms with Gasteiger partial charge in [0.15, 0.2) is 6.10 Å². The number of phenolic OH excluding ortho intramolecular Hbond substituents is 1. The number of carbonyl (C=O) groups is 1. The summed E-state index contributed by atoms with van der Waals surface area (Å²) in [6.07, 6.45) is -2.16. The van der Waals surface area contributed by atoms with Crippen LogP contribution in [0.1, 0.15) is 23.7 Å². The fourth-order valence-corrected chi connectivity index (χ4v) is 3.58. The summed E-state index contributed by atoms with van der Waals surface area (Å²) >= 11 is 2.12. The summed E-state index contributed by atoms with van der Waals surface area (Å²) in [4.78, 5) is 12.7.